The van der Waals surface area contributed by atoms with Crippen molar-refractivity contribution in [2.75, 3.05) is 46.8 Å². The molecule has 0 aliphatic carbocycles. The number of hydrogen-bond acceptors (Lipinski definition) is 6. The van der Waals surface area contributed by atoms with E-state index in [4.69, 9.17) is 18.9 Å². The van der Waals surface area contributed by atoms with Gasteiger partial charge in [-0.3, -0.25) is 4.79 Å². The van der Waals surface area contributed by atoms with E-state index in [-0.39, 0.29) is 18.1 Å². The lowest BCUT2D eigenvalue weighted by Crippen LogP contribution is -2.42. The molecule has 0 aromatic carbocycles. The number of rotatable bonds is 14. The van der Waals surface area contributed by atoms with Crippen LogP contribution in [0.4, 0.5) is 0 Å². The van der Waals surface area contributed by atoms with Crippen molar-refractivity contribution >= 4 is 5.97 Å². The van der Waals surface area contributed by atoms with E-state index in [1.807, 2.05) is 20.8 Å². The average Bonchev–Trinajstić information content (AvgIpc) is 2.44. The van der Waals surface area contributed by atoms with Gasteiger partial charge in [0.15, 0.2) is 0 Å². The number of esters is 1. The minimum atomic E-state index is -0.303. The Morgan fingerprint density at radius 1 is 1.05 bits per heavy atom. The molecule has 0 radical (unpaired) electrons. The van der Waals surface area contributed by atoms with Crippen LogP contribution in [-0.2, 0) is 23.7 Å². The second kappa shape index (κ2) is 14.3. The molecule has 0 saturated carbocycles. The van der Waals surface area contributed by atoms with Gasteiger partial charge in [-0.2, -0.15) is 0 Å². The predicted octanol–water partition coefficient (Wildman–Crippen LogP) is 1.38. The SMILES string of the molecule is CCOC(=O)C(CCOCCCOCCOC)NC(C)C. The molecule has 0 amide bonds. The van der Waals surface area contributed by atoms with Crippen LogP contribution in [0.3, 0.4) is 0 Å². The van der Waals surface area contributed by atoms with Gasteiger partial charge in [0.05, 0.1) is 19.8 Å². The quantitative estimate of drug-likeness (QED) is 0.386. The summed E-state index contributed by atoms with van der Waals surface area (Å²) in [6, 6.07) is -0.0727. The average molecular weight is 305 g/mol. The second-order valence-electron chi connectivity index (χ2n) is 4.99. The Balaban J connectivity index is 3.65. The summed E-state index contributed by atoms with van der Waals surface area (Å²) in [5.41, 5.74) is 0. The van der Waals surface area contributed by atoms with Gasteiger partial charge in [0.2, 0.25) is 0 Å². The number of nitrogens with one attached hydrogen (secondary N) is 1. The molecule has 21 heavy (non-hydrogen) atoms. The van der Waals surface area contributed by atoms with E-state index in [0.29, 0.717) is 46.1 Å². The fourth-order valence-electron chi connectivity index (χ4n) is 1.73. The first kappa shape index (κ1) is 20.3. The highest BCUT2D eigenvalue weighted by molar-refractivity contribution is 5.75. The second-order valence-corrected chi connectivity index (χ2v) is 4.99. The summed E-state index contributed by atoms with van der Waals surface area (Å²) in [5, 5.41) is 3.20. The third kappa shape index (κ3) is 12.7. The van der Waals surface area contributed by atoms with Crippen LogP contribution in [-0.4, -0.2) is 64.8 Å². The predicted molar refractivity (Wildman–Crippen MR) is 81.4 cm³/mol. The Morgan fingerprint density at radius 3 is 2.29 bits per heavy atom. The van der Waals surface area contributed by atoms with E-state index in [2.05, 4.69) is 5.32 Å². The molecule has 126 valence electrons. The Labute approximate surface area is 128 Å². The first-order valence-electron chi connectivity index (χ1n) is 7.68. The molecule has 0 saturated heterocycles. The van der Waals surface area contributed by atoms with E-state index in [9.17, 15) is 4.79 Å². The molecule has 6 nitrogen and oxygen atoms in total. The molecule has 6 heteroatoms. The molecule has 0 aromatic rings. The molecule has 0 spiro atoms. The van der Waals surface area contributed by atoms with Gasteiger partial charge in [-0.05, 0) is 19.8 Å². The third-order valence-corrected chi connectivity index (χ3v) is 2.67. The van der Waals surface area contributed by atoms with Gasteiger partial charge >= 0.3 is 5.97 Å². The van der Waals surface area contributed by atoms with Gasteiger partial charge in [-0.1, -0.05) is 13.8 Å². The molecule has 1 atom stereocenters. The van der Waals surface area contributed by atoms with Crippen LogP contribution in [0.2, 0.25) is 0 Å². The van der Waals surface area contributed by atoms with E-state index in [1.54, 1.807) is 7.11 Å². The Hall–Kier alpha value is -0.690. The topological polar surface area (TPSA) is 66.0 Å². The summed E-state index contributed by atoms with van der Waals surface area (Å²) in [7, 11) is 1.65. The Morgan fingerprint density at radius 2 is 1.71 bits per heavy atom. The molecular formula is C15H31NO5. The molecule has 0 aliphatic heterocycles. The van der Waals surface area contributed by atoms with Crippen molar-refractivity contribution in [3.8, 4) is 0 Å². The summed E-state index contributed by atoms with van der Waals surface area (Å²) in [6.45, 7) is 9.26. The maximum atomic E-state index is 11.8. The van der Waals surface area contributed by atoms with E-state index >= 15 is 0 Å². The fraction of sp³-hybridized carbons (Fsp3) is 0.933. The molecule has 0 heterocycles. The van der Waals surface area contributed by atoms with Crippen LogP contribution in [0.25, 0.3) is 0 Å². The lowest BCUT2D eigenvalue weighted by atomic mass is 10.2. The van der Waals surface area contributed by atoms with Crippen LogP contribution in [0, 0.1) is 0 Å². The third-order valence-electron chi connectivity index (χ3n) is 2.67. The zero-order chi connectivity index (χ0) is 15.9. The van der Waals surface area contributed by atoms with Crippen molar-refractivity contribution in [3.63, 3.8) is 0 Å². The zero-order valence-corrected chi connectivity index (χ0v) is 13.9. The summed E-state index contributed by atoms with van der Waals surface area (Å²) in [5.74, 6) is -0.210. The summed E-state index contributed by atoms with van der Waals surface area (Å²) < 4.78 is 20.8. The number of methoxy groups -OCH3 is 1. The van der Waals surface area contributed by atoms with Gasteiger partial charge in [0.25, 0.3) is 0 Å². The smallest absolute Gasteiger partial charge is 0.323 e. The van der Waals surface area contributed by atoms with Gasteiger partial charge in [0, 0.05) is 33.0 Å². The molecule has 0 rings (SSSR count). The molecule has 0 fully saturated rings. The summed E-state index contributed by atoms with van der Waals surface area (Å²) >= 11 is 0. The van der Waals surface area contributed by atoms with E-state index in [1.165, 1.54) is 0 Å². The van der Waals surface area contributed by atoms with Crippen molar-refractivity contribution in [2.24, 2.45) is 0 Å². The van der Waals surface area contributed by atoms with Crippen LogP contribution >= 0.6 is 0 Å². The molecule has 1 unspecified atom stereocenters. The van der Waals surface area contributed by atoms with Crippen molar-refractivity contribution < 1.29 is 23.7 Å². The molecule has 0 bridgehead atoms. The Bertz CT molecular complexity index is 248. The Kier molecular flexibility index (Phi) is 13.8. The highest BCUT2D eigenvalue weighted by Gasteiger charge is 2.19. The summed E-state index contributed by atoms with van der Waals surface area (Å²) in [4.78, 5) is 11.8. The lowest BCUT2D eigenvalue weighted by Gasteiger charge is -2.19. The van der Waals surface area contributed by atoms with Crippen LogP contribution < -0.4 is 5.32 Å². The number of hydrogen-bond donors (Lipinski definition) is 1. The highest BCUT2D eigenvalue weighted by atomic mass is 16.5. The normalized spacial score (nSPS) is 12.6. The van der Waals surface area contributed by atoms with Crippen molar-refractivity contribution in [2.45, 2.75) is 45.7 Å². The molecule has 1 N–H and O–H groups in total. The fourth-order valence-corrected chi connectivity index (χ4v) is 1.73. The van der Waals surface area contributed by atoms with Gasteiger partial charge < -0.3 is 24.3 Å². The maximum Gasteiger partial charge on any atom is 0.323 e. The van der Waals surface area contributed by atoms with Crippen molar-refractivity contribution in [1.29, 1.82) is 0 Å². The molecule has 0 aliphatic rings. The lowest BCUT2D eigenvalue weighted by molar-refractivity contribution is -0.146. The summed E-state index contributed by atoms with van der Waals surface area (Å²) in [6.07, 6.45) is 1.45. The van der Waals surface area contributed by atoms with E-state index < -0.39 is 0 Å². The minimum absolute atomic E-state index is 0.210. The van der Waals surface area contributed by atoms with Gasteiger partial charge in [-0.25, -0.2) is 0 Å². The van der Waals surface area contributed by atoms with Crippen LogP contribution in [0.15, 0.2) is 0 Å². The number of carbonyl (C=O) groups excluding carboxylic acids is 1. The van der Waals surface area contributed by atoms with Crippen LogP contribution in [0.5, 0.6) is 0 Å². The standard InChI is InChI=1S/C15H31NO5/c1-5-21-15(17)14(16-13(2)3)7-10-19-8-6-9-20-12-11-18-4/h13-14,16H,5-12H2,1-4H3. The largest absolute Gasteiger partial charge is 0.465 e. The van der Waals surface area contributed by atoms with Gasteiger partial charge in [0.1, 0.15) is 6.04 Å². The first-order valence-corrected chi connectivity index (χ1v) is 7.68. The van der Waals surface area contributed by atoms with Gasteiger partial charge in [-0.15, -0.1) is 0 Å². The molecule has 0 aromatic heterocycles. The van der Waals surface area contributed by atoms with Crippen molar-refractivity contribution in [3.05, 3.63) is 0 Å². The molecular weight excluding hydrogens is 274 g/mol. The zero-order valence-electron chi connectivity index (χ0n) is 13.9. The van der Waals surface area contributed by atoms with Crippen molar-refractivity contribution in [1.82, 2.24) is 5.32 Å². The monoisotopic (exact) mass is 305 g/mol. The number of carbonyl (C=O) groups is 1. The highest BCUT2D eigenvalue weighted by Crippen LogP contribution is 2.00. The van der Waals surface area contributed by atoms with E-state index in [0.717, 1.165) is 6.42 Å². The first-order chi connectivity index (χ1) is 10.1. The van der Waals surface area contributed by atoms with Crippen LogP contribution in [0.1, 0.15) is 33.6 Å². The minimum Gasteiger partial charge on any atom is -0.465 e. The maximum absolute atomic E-state index is 11.8. The number of ether oxygens (including phenoxy) is 4.